The minimum absolute atomic E-state index is 0.0256. The standard InChI is InChI=1S/C12H18N2O2/c1-9(15)10-4-5-12(11(13)8-10)14-6-3-7-16-2/h4-5,8,14H,3,6-7,13H2,1-2H3. The molecule has 1 aromatic carbocycles. The molecule has 16 heavy (non-hydrogen) atoms. The number of rotatable bonds is 6. The molecule has 0 amide bonds. The Morgan fingerprint density at radius 2 is 2.25 bits per heavy atom. The highest BCUT2D eigenvalue weighted by Crippen LogP contribution is 2.19. The number of anilines is 2. The number of benzene rings is 1. The summed E-state index contributed by atoms with van der Waals surface area (Å²) in [6.07, 6.45) is 0.921. The molecule has 3 N–H and O–H groups in total. The highest BCUT2D eigenvalue weighted by molar-refractivity contribution is 5.95. The molecule has 0 aliphatic heterocycles. The highest BCUT2D eigenvalue weighted by atomic mass is 16.5. The van der Waals surface area contributed by atoms with Crippen LogP contribution in [0, 0.1) is 0 Å². The van der Waals surface area contributed by atoms with Gasteiger partial charge in [-0.15, -0.1) is 0 Å². The fraction of sp³-hybridized carbons (Fsp3) is 0.417. The summed E-state index contributed by atoms with van der Waals surface area (Å²) in [5.41, 5.74) is 7.93. The zero-order valence-electron chi connectivity index (χ0n) is 9.75. The molecule has 4 heteroatoms. The van der Waals surface area contributed by atoms with Gasteiger partial charge in [-0.2, -0.15) is 0 Å². The van der Waals surface area contributed by atoms with Gasteiger partial charge in [-0.25, -0.2) is 0 Å². The number of hydrogen-bond donors (Lipinski definition) is 2. The molecule has 0 atom stereocenters. The number of nitrogens with one attached hydrogen (secondary N) is 1. The maximum atomic E-state index is 11.1. The third-order valence-electron chi connectivity index (χ3n) is 2.30. The summed E-state index contributed by atoms with van der Waals surface area (Å²) in [6.45, 7) is 3.05. The lowest BCUT2D eigenvalue weighted by atomic mass is 10.1. The molecule has 0 unspecified atom stereocenters. The highest BCUT2D eigenvalue weighted by Gasteiger charge is 2.03. The Morgan fingerprint density at radius 1 is 1.50 bits per heavy atom. The monoisotopic (exact) mass is 222 g/mol. The van der Waals surface area contributed by atoms with Gasteiger partial charge in [0.2, 0.25) is 0 Å². The van der Waals surface area contributed by atoms with E-state index in [0.717, 1.165) is 25.3 Å². The number of Topliss-reactive ketones (excluding diaryl/α,β-unsaturated/α-hetero) is 1. The number of ketones is 1. The van der Waals surface area contributed by atoms with Crippen LogP contribution in [0.3, 0.4) is 0 Å². The van der Waals surface area contributed by atoms with Crippen molar-refractivity contribution in [3.63, 3.8) is 0 Å². The number of ether oxygens (including phenoxy) is 1. The van der Waals surface area contributed by atoms with Gasteiger partial charge in [-0.3, -0.25) is 4.79 Å². The van der Waals surface area contributed by atoms with Gasteiger partial charge >= 0.3 is 0 Å². The maximum Gasteiger partial charge on any atom is 0.159 e. The van der Waals surface area contributed by atoms with Crippen LogP contribution in [0.5, 0.6) is 0 Å². The molecule has 4 nitrogen and oxygen atoms in total. The lowest BCUT2D eigenvalue weighted by Gasteiger charge is -2.09. The molecule has 0 aliphatic carbocycles. The topological polar surface area (TPSA) is 64.3 Å². The van der Waals surface area contributed by atoms with Gasteiger partial charge in [-0.05, 0) is 31.5 Å². The lowest BCUT2D eigenvalue weighted by Crippen LogP contribution is -2.07. The fourth-order valence-electron chi connectivity index (χ4n) is 1.38. The minimum atomic E-state index is 0.0256. The molecule has 0 saturated carbocycles. The zero-order chi connectivity index (χ0) is 12.0. The second kappa shape index (κ2) is 6.12. The molecule has 0 radical (unpaired) electrons. The number of carbonyl (C=O) groups is 1. The molecule has 88 valence electrons. The summed E-state index contributed by atoms with van der Waals surface area (Å²) in [4.78, 5) is 11.1. The van der Waals surface area contributed by atoms with Crippen LogP contribution < -0.4 is 11.1 Å². The Kier molecular flexibility index (Phi) is 4.79. The van der Waals surface area contributed by atoms with Crippen molar-refractivity contribution < 1.29 is 9.53 Å². The minimum Gasteiger partial charge on any atom is -0.397 e. The first kappa shape index (κ1) is 12.5. The largest absolute Gasteiger partial charge is 0.397 e. The summed E-state index contributed by atoms with van der Waals surface area (Å²) in [5.74, 6) is 0.0256. The Balaban J connectivity index is 2.57. The molecule has 0 saturated heterocycles. The van der Waals surface area contributed by atoms with Crippen LogP contribution >= 0.6 is 0 Å². The van der Waals surface area contributed by atoms with Crippen LogP contribution in [0.1, 0.15) is 23.7 Å². The van der Waals surface area contributed by atoms with Crippen LogP contribution in [0.15, 0.2) is 18.2 Å². The van der Waals surface area contributed by atoms with Crippen molar-refractivity contribution in [2.45, 2.75) is 13.3 Å². The predicted molar refractivity (Wildman–Crippen MR) is 65.8 cm³/mol. The van der Waals surface area contributed by atoms with Crippen molar-refractivity contribution in [3.8, 4) is 0 Å². The molecule has 0 aromatic heterocycles. The molecule has 1 aromatic rings. The van der Waals surface area contributed by atoms with E-state index in [0.29, 0.717) is 11.3 Å². The number of methoxy groups -OCH3 is 1. The molecule has 0 spiro atoms. The van der Waals surface area contributed by atoms with Gasteiger partial charge in [0.25, 0.3) is 0 Å². The van der Waals surface area contributed by atoms with Gasteiger partial charge in [0, 0.05) is 25.8 Å². The third-order valence-corrected chi connectivity index (χ3v) is 2.30. The van der Waals surface area contributed by atoms with E-state index >= 15 is 0 Å². The zero-order valence-corrected chi connectivity index (χ0v) is 9.75. The van der Waals surface area contributed by atoms with Crippen molar-refractivity contribution in [3.05, 3.63) is 23.8 Å². The summed E-state index contributed by atoms with van der Waals surface area (Å²) in [5, 5.41) is 3.20. The normalized spacial score (nSPS) is 10.1. The van der Waals surface area contributed by atoms with E-state index in [-0.39, 0.29) is 5.78 Å². The number of carbonyl (C=O) groups excluding carboxylic acids is 1. The quantitative estimate of drug-likeness (QED) is 0.438. The van der Waals surface area contributed by atoms with Gasteiger partial charge in [0.1, 0.15) is 0 Å². The molecule has 0 bridgehead atoms. The van der Waals surface area contributed by atoms with Gasteiger partial charge in [0.05, 0.1) is 11.4 Å². The molecule has 1 rings (SSSR count). The maximum absolute atomic E-state index is 11.1. The number of nitrogens with two attached hydrogens (primary N) is 1. The molecule has 0 fully saturated rings. The Bertz CT molecular complexity index is 364. The molecular formula is C12H18N2O2. The molecular weight excluding hydrogens is 204 g/mol. The Labute approximate surface area is 95.8 Å². The van der Waals surface area contributed by atoms with E-state index < -0.39 is 0 Å². The molecule has 0 heterocycles. The number of hydrogen-bond acceptors (Lipinski definition) is 4. The van der Waals surface area contributed by atoms with E-state index in [1.54, 1.807) is 19.2 Å². The summed E-state index contributed by atoms with van der Waals surface area (Å²) >= 11 is 0. The van der Waals surface area contributed by atoms with Crippen molar-refractivity contribution in [2.75, 3.05) is 31.3 Å². The van der Waals surface area contributed by atoms with E-state index in [4.69, 9.17) is 10.5 Å². The van der Waals surface area contributed by atoms with E-state index in [1.807, 2.05) is 6.07 Å². The second-order valence-corrected chi connectivity index (χ2v) is 3.63. The molecule has 0 aliphatic rings. The first-order valence-electron chi connectivity index (χ1n) is 5.28. The first-order valence-corrected chi connectivity index (χ1v) is 5.28. The van der Waals surface area contributed by atoms with Crippen LogP contribution in [0.25, 0.3) is 0 Å². The van der Waals surface area contributed by atoms with Crippen LogP contribution in [0.4, 0.5) is 11.4 Å². The fourth-order valence-corrected chi connectivity index (χ4v) is 1.38. The van der Waals surface area contributed by atoms with Gasteiger partial charge in [0.15, 0.2) is 5.78 Å². The van der Waals surface area contributed by atoms with E-state index in [9.17, 15) is 4.79 Å². The van der Waals surface area contributed by atoms with E-state index in [2.05, 4.69) is 5.32 Å². The van der Waals surface area contributed by atoms with Crippen LogP contribution in [-0.2, 0) is 4.74 Å². The van der Waals surface area contributed by atoms with E-state index in [1.165, 1.54) is 6.92 Å². The average molecular weight is 222 g/mol. The van der Waals surface area contributed by atoms with Crippen molar-refractivity contribution in [1.29, 1.82) is 0 Å². The SMILES string of the molecule is COCCCNc1ccc(C(C)=O)cc1N. The summed E-state index contributed by atoms with van der Waals surface area (Å²) in [7, 11) is 1.68. The smallest absolute Gasteiger partial charge is 0.159 e. The predicted octanol–water partition coefficient (Wildman–Crippen LogP) is 1.92. The van der Waals surface area contributed by atoms with Gasteiger partial charge in [-0.1, -0.05) is 0 Å². The first-order chi connectivity index (χ1) is 7.65. The van der Waals surface area contributed by atoms with Crippen molar-refractivity contribution >= 4 is 17.2 Å². The van der Waals surface area contributed by atoms with Crippen LogP contribution in [0.2, 0.25) is 0 Å². The average Bonchev–Trinajstić information content (AvgIpc) is 2.26. The number of nitrogen functional groups attached to an aromatic ring is 1. The Hall–Kier alpha value is -1.55. The van der Waals surface area contributed by atoms with Gasteiger partial charge < -0.3 is 15.8 Å². The lowest BCUT2D eigenvalue weighted by molar-refractivity contribution is 0.101. The third kappa shape index (κ3) is 3.55. The van der Waals surface area contributed by atoms with Crippen molar-refractivity contribution in [1.82, 2.24) is 0 Å². The Morgan fingerprint density at radius 3 is 2.81 bits per heavy atom. The summed E-state index contributed by atoms with van der Waals surface area (Å²) in [6, 6.07) is 5.30. The summed E-state index contributed by atoms with van der Waals surface area (Å²) < 4.78 is 4.94. The van der Waals surface area contributed by atoms with Crippen molar-refractivity contribution in [2.24, 2.45) is 0 Å². The van der Waals surface area contributed by atoms with Crippen LogP contribution in [-0.4, -0.2) is 26.0 Å². The second-order valence-electron chi connectivity index (χ2n) is 3.63.